The summed E-state index contributed by atoms with van der Waals surface area (Å²) in [5, 5.41) is 13.1. The predicted molar refractivity (Wildman–Crippen MR) is 87.7 cm³/mol. The molecule has 24 heavy (non-hydrogen) atoms. The van der Waals surface area contributed by atoms with E-state index in [1.807, 2.05) is 24.3 Å². The Morgan fingerprint density at radius 1 is 1.46 bits per heavy atom. The summed E-state index contributed by atoms with van der Waals surface area (Å²) in [7, 11) is 3.08. The number of nitrogens with one attached hydrogen (secondary N) is 1. The van der Waals surface area contributed by atoms with Crippen LogP contribution >= 0.6 is 0 Å². The van der Waals surface area contributed by atoms with Gasteiger partial charge in [-0.3, -0.25) is 9.59 Å². The minimum atomic E-state index is -1.37. The molecule has 0 bridgehead atoms. The van der Waals surface area contributed by atoms with Crippen LogP contribution in [-0.2, 0) is 20.7 Å². The SMILES string of the molecule is CNC(=O)C[C@@]1(O)COCCN(C(=O)Cc2cccc(OC)c2)C1. The van der Waals surface area contributed by atoms with Gasteiger partial charge in [-0.2, -0.15) is 0 Å². The Morgan fingerprint density at radius 2 is 2.25 bits per heavy atom. The summed E-state index contributed by atoms with van der Waals surface area (Å²) in [6.45, 7) is 0.825. The number of carbonyl (C=O) groups excluding carboxylic acids is 2. The molecular weight excluding hydrogens is 312 g/mol. The van der Waals surface area contributed by atoms with E-state index in [4.69, 9.17) is 9.47 Å². The first-order valence-electron chi connectivity index (χ1n) is 7.87. The van der Waals surface area contributed by atoms with Crippen LogP contribution in [0, 0.1) is 0 Å². The van der Waals surface area contributed by atoms with Gasteiger partial charge in [0.15, 0.2) is 0 Å². The molecular formula is C17H24N2O5. The molecule has 2 N–H and O–H groups in total. The van der Waals surface area contributed by atoms with Crippen molar-refractivity contribution >= 4 is 11.8 Å². The number of hydrogen-bond acceptors (Lipinski definition) is 5. The Kier molecular flexibility index (Phi) is 6.16. The Hall–Kier alpha value is -2.12. The highest BCUT2D eigenvalue weighted by atomic mass is 16.5. The summed E-state index contributed by atoms with van der Waals surface area (Å²) in [6.07, 6.45) is 0.0969. The molecule has 0 unspecified atom stereocenters. The van der Waals surface area contributed by atoms with E-state index >= 15 is 0 Å². The molecule has 1 heterocycles. The van der Waals surface area contributed by atoms with Crippen molar-refractivity contribution in [2.24, 2.45) is 0 Å². The van der Waals surface area contributed by atoms with E-state index in [-0.39, 0.29) is 37.8 Å². The van der Waals surface area contributed by atoms with Gasteiger partial charge in [0.1, 0.15) is 11.4 Å². The minimum Gasteiger partial charge on any atom is -0.497 e. The summed E-state index contributed by atoms with van der Waals surface area (Å²) >= 11 is 0. The van der Waals surface area contributed by atoms with Crippen LogP contribution < -0.4 is 10.1 Å². The maximum Gasteiger partial charge on any atom is 0.227 e. The van der Waals surface area contributed by atoms with Crippen LogP contribution in [0.1, 0.15) is 12.0 Å². The summed E-state index contributed by atoms with van der Waals surface area (Å²) in [4.78, 5) is 25.7. The molecule has 1 aromatic rings. The molecule has 2 rings (SSSR count). The Bertz CT molecular complexity index is 592. The van der Waals surface area contributed by atoms with Crippen LogP contribution in [0.15, 0.2) is 24.3 Å². The first-order valence-corrected chi connectivity index (χ1v) is 7.87. The second kappa shape index (κ2) is 8.12. The molecule has 1 fully saturated rings. The van der Waals surface area contributed by atoms with Gasteiger partial charge >= 0.3 is 0 Å². The van der Waals surface area contributed by atoms with Crippen molar-refractivity contribution < 1.29 is 24.2 Å². The van der Waals surface area contributed by atoms with Gasteiger partial charge in [-0.1, -0.05) is 12.1 Å². The van der Waals surface area contributed by atoms with Gasteiger partial charge in [0, 0.05) is 13.6 Å². The van der Waals surface area contributed by atoms with Crippen LogP contribution in [0.25, 0.3) is 0 Å². The fourth-order valence-electron chi connectivity index (χ4n) is 2.69. The average Bonchev–Trinajstić information content (AvgIpc) is 2.76. The third kappa shape index (κ3) is 4.94. The van der Waals surface area contributed by atoms with Crippen molar-refractivity contribution in [1.29, 1.82) is 0 Å². The lowest BCUT2D eigenvalue weighted by atomic mass is 9.99. The Morgan fingerprint density at radius 3 is 2.96 bits per heavy atom. The minimum absolute atomic E-state index is 0.0311. The van der Waals surface area contributed by atoms with Gasteiger partial charge in [0.05, 0.1) is 39.7 Å². The lowest BCUT2D eigenvalue weighted by molar-refractivity contribution is -0.137. The van der Waals surface area contributed by atoms with Gasteiger partial charge in [-0.05, 0) is 17.7 Å². The van der Waals surface area contributed by atoms with Gasteiger partial charge in [0.2, 0.25) is 11.8 Å². The number of rotatable bonds is 5. The summed E-state index contributed by atoms with van der Waals surface area (Å²) in [5.41, 5.74) is -0.542. The number of aliphatic hydroxyl groups is 1. The van der Waals surface area contributed by atoms with E-state index in [1.54, 1.807) is 12.0 Å². The van der Waals surface area contributed by atoms with E-state index < -0.39 is 5.60 Å². The first kappa shape index (κ1) is 18.2. The maximum absolute atomic E-state index is 12.6. The van der Waals surface area contributed by atoms with Gasteiger partial charge in [0.25, 0.3) is 0 Å². The van der Waals surface area contributed by atoms with E-state index in [0.29, 0.717) is 18.9 Å². The fraction of sp³-hybridized carbons (Fsp3) is 0.529. The third-order valence-corrected chi connectivity index (χ3v) is 3.97. The van der Waals surface area contributed by atoms with Crippen molar-refractivity contribution in [3.05, 3.63) is 29.8 Å². The molecule has 0 saturated carbocycles. The van der Waals surface area contributed by atoms with Gasteiger partial charge in [-0.25, -0.2) is 0 Å². The molecule has 1 saturated heterocycles. The third-order valence-electron chi connectivity index (χ3n) is 3.97. The topological polar surface area (TPSA) is 88.1 Å². The number of nitrogens with zero attached hydrogens (tertiary/aromatic N) is 1. The first-order chi connectivity index (χ1) is 11.5. The zero-order valence-electron chi connectivity index (χ0n) is 14.1. The number of amides is 2. The molecule has 132 valence electrons. The smallest absolute Gasteiger partial charge is 0.227 e. The maximum atomic E-state index is 12.6. The van der Waals surface area contributed by atoms with Crippen LogP contribution in [0.3, 0.4) is 0 Å². The number of carbonyl (C=O) groups is 2. The number of ether oxygens (including phenoxy) is 2. The lowest BCUT2D eigenvalue weighted by Crippen LogP contribution is -2.49. The average molecular weight is 336 g/mol. The second-order valence-electron chi connectivity index (χ2n) is 5.97. The molecule has 0 aromatic heterocycles. The second-order valence-corrected chi connectivity index (χ2v) is 5.97. The van der Waals surface area contributed by atoms with E-state index in [1.165, 1.54) is 7.05 Å². The molecule has 7 nitrogen and oxygen atoms in total. The molecule has 1 atom stereocenters. The van der Waals surface area contributed by atoms with Crippen molar-refractivity contribution in [2.45, 2.75) is 18.4 Å². The van der Waals surface area contributed by atoms with E-state index in [0.717, 1.165) is 5.56 Å². The van der Waals surface area contributed by atoms with E-state index in [2.05, 4.69) is 5.32 Å². The summed E-state index contributed by atoms with van der Waals surface area (Å²) < 4.78 is 10.5. The highest BCUT2D eigenvalue weighted by Gasteiger charge is 2.36. The molecule has 7 heteroatoms. The zero-order valence-corrected chi connectivity index (χ0v) is 14.1. The Labute approximate surface area is 141 Å². The molecule has 1 aromatic carbocycles. The van der Waals surface area contributed by atoms with Crippen LogP contribution in [0.2, 0.25) is 0 Å². The highest BCUT2D eigenvalue weighted by molar-refractivity contribution is 5.80. The molecule has 0 spiro atoms. The highest BCUT2D eigenvalue weighted by Crippen LogP contribution is 2.19. The fourth-order valence-corrected chi connectivity index (χ4v) is 2.69. The molecule has 1 aliphatic heterocycles. The summed E-state index contributed by atoms with van der Waals surface area (Å²) in [5.74, 6) is 0.280. The molecule has 1 aliphatic rings. The number of β-amino-alcohol motifs (C(OH)–C–C–N with tert-alkyl or cyclic N) is 1. The van der Waals surface area contributed by atoms with E-state index in [9.17, 15) is 14.7 Å². The normalized spacial score (nSPS) is 21.0. The monoisotopic (exact) mass is 336 g/mol. The van der Waals surface area contributed by atoms with Crippen molar-refractivity contribution in [3.8, 4) is 5.75 Å². The molecule has 0 aliphatic carbocycles. The van der Waals surface area contributed by atoms with Gasteiger partial charge < -0.3 is 24.8 Å². The molecule has 2 amide bonds. The zero-order chi connectivity index (χ0) is 17.6. The van der Waals surface area contributed by atoms with Crippen molar-refractivity contribution in [1.82, 2.24) is 10.2 Å². The number of benzene rings is 1. The number of hydrogen-bond donors (Lipinski definition) is 2. The van der Waals surface area contributed by atoms with Gasteiger partial charge in [-0.15, -0.1) is 0 Å². The largest absolute Gasteiger partial charge is 0.497 e. The predicted octanol–water partition coefficient (Wildman–Crippen LogP) is -0.0363. The van der Waals surface area contributed by atoms with Crippen molar-refractivity contribution in [2.75, 3.05) is 40.5 Å². The lowest BCUT2D eigenvalue weighted by Gasteiger charge is -2.30. The standard InChI is InChI=1S/C17H24N2O5/c1-18-15(20)10-17(22)11-19(6-7-24-12-17)16(21)9-13-4-3-5-14(8-13)23-2/h3-5,8,22H,6-7,9-12H2,1-2H3,(H,18,20)/t17-/m0/s1. The van der Waals surface area contributed by atoms with Crippen LogP contribution in [0.4, 0.5) is 0 Å². The van der Waals surface area contributed by atoms with Crippen molar-refractivity contribution in [3.63, 3.8) is 0 Å². The molecule has 0 radical (unpaired) electrons. The van der Waals surface area contributed by atoms with Crippen LogP contribution in [0.5, 0.6) is 5.75 Å². The Balaban J connectivity index is 2.05. The quantitative estimate of drug-likeness (QED) is 0.788. The van der Waals surface area contributed by atoms with Crippen LogP contribution in [-0.4, -0.2) is 67.9 Å². The summed E-state index contributed by atoms with van der Waals surface area (Å²) in [6, 6.07) is 7.30. The number of methoxy groups -OCH3 is 1.